The number of hydrogen-bond acceptors (Lipinski definition) is 2. The van der Waals surface area contributed by atoms with Gasteiger partial charge in [-0.05, 0) is 22.0 Å². The Labute approximate surface area is 75.9 Å². The van der Waals surface area contributed by atoms with Crippen LogP contribution in [0.5, 0.6) is 0 Å². The number of halogens is 2. The fraction of sp³-hybridized carbons (Fsp3) is 0. The molecule has 11 heavy (non-hydrogen) atoms. The molecule has 0 saturated carbocycles. The maximum Gasteiger partial charge on any atom is 0.160 e. The minimum atomic E-state index is 0.452. The number of nitrogens with one attached hydrogen (secondary N) is 1. The summed E-state index contributed by atoms with van der Waals surface area (Å²) in [6.45, 7) is 0. The summed E-state index contributed by atoms with van der Waals surface area (Å²) in [7, 11) is 0. The molecule has 2 aromatic heterocycles. The largest absolute Gasteiger partial charge is 0.329 e. The van der Waals surface area contributed by atoms with E-state index in [0.717, 1.165) is 9.99 Å². The smallest absolute Gasteiger partial charge is 0.160 e. The van der Waals surface area contributed by atoms with E-state index < -0.39 is 0 Å². The fourth-order valence-corrected chi connectivity index (χ4v) is 1.69. The Bertz CT molecular complexity index is 398. The summed E-state index contributed by atoms with van der Waals surface area (Å²) in [6.07, 6.45) is 1.58. The van der Waals surface area contributed by atoms with Crippen LogP contribution in [0.2, 0.25) is 5.15 Å². The van der Waals surface area contributed by atoms with Crippen molar-refractivity contribution in [2.75, 3.05) is 0 Å². The molecular formula is C6H3BrClN3. The van der Waals surface area contributed by atoms with Crippen LogP contribution in [0.25, 0.3) is 11.2 Å². The van der Waals surface area contributed by atoms with Crippen LogP contribution in [-0.4, -0.2) is 15.0 Å². The van der Waals surface area contributed by atoms with Crippen molar-refractivity contribution in [3.63, 3.8) is 0 Å². The van der Waals surface area contributed by atoms with Crippen molar-refractivity contribution in [1.29, 1.82) is 0 Å². The zero-order chi connectivity index (χ0) is 7.84. The predicted molar refractivity (Wildman–Crippen MR) is 46.6 cm³/mol. The van der Waals surface area contributed by atoms with Crippen LogP contribution >= 0.6 is 27.5 Å². The van der Waals surface area contributed by atoms with Crippen molar-refractivity contribution in [2.24, 2.45) is 0 Å². The minimum Gasteiger partial charge on any atom is -0.329 e. The van der Waals surface area contributed by atoms with Crippen LogP contribution in [0.3, 0.4) is 0 Å². The molecule has 0 atom stereocenters. The first-order valence-corrected chi connectivity index (χ1v) is 4.09. The lowest BCUT2D eigenvalue weighted by atomic mass is 10.4. The Morgan fingerprint density at radius 2 is 2.36 bits per heavy atom. The van der Waals surface area contributed by atoms with Gasteiger partial charge in [-0.1, -0.05) is 11.6 Å². The van der Waals surface area contributed by atoms with Crippen molar-refractivity contribution in [1.82, 2.24) is 15.0 Å². The quantitative estimate of drug-likeness (QED) is 0.709. The Kier molecular flexibility index (Phi) is 1.58. The molecule has 0 aliphatic carbocycles. The van der Waals surface area contributed by atoms with Gasteiger partial charge in [0.1, 0.15) is 10.7 Å². The molecule has 0 spiro atoms. The number of rotatable bonds is 0. The van der Waals surface area contributed by atoms with Gasteiger partial charge in [-0.15, -0.1) is 0 Å². The lowest BCUT2D eigenvalue weighted by Gasteiger charge is -1.92. The highest BCUT2D eigenvalue weighted by Crippen LogP contribution is 2.22. The highest BCUT2D eigenvalue weighted by Gasteiger charge is 2.03. The van der Waals surface area contributed by atoms with Crippen LogP contribution in [0.4, 0.5) is 0 Å². The number of fused-ring (bicyclic) bond motifs is 1. The molecule has 0 unspecified atom stereocenters. The molecule has 0 amide bonds. The second-order valence-electron chi connectivity index (χ2n) is 2.03. The average Bonchev–Trinajstić information content (AvgIpc) is 2.34. The Balaban J connectivity index is 2.91. The highest BCUT2D eigenvalue weighted by atomic mass is 79.9. The maximum atomic E-state index is 5.69. The number of pyridine rings is 1. The van der Waals surface area contributed by atoms with Crippen molar-refractivity contribution in [3.8, 4) is 0 Å². The summed E-state index contributed by atoms with van der Waals surface area (Å²) >= 11 is 9.01. The molecule has 5 heteroatoms. The first-order chi connectivity index (χ1) is 5.27. The van der Waals surface area contributed by atoms with Crippen LogP contribution in [0.1, 0.15) is 0 Å². The first-order valence-electron chi connectivity index (χ1n) is 2.92. The number of imidazole rings is 1. The third kappa shape index (κ3) is 1.12. The Morgan fingerprint density at radius 1 is 1.55 bits per heavy atom. The van der Waals surface area contributed by atoms with Crippen LogP contribution in [0.15, 0.2) is 16.9 Å². The van der Waals surface area contributed by atoms with E-state index >= 15 is 0 Å². The molecule has 0 fully saturated rings. The minimum absolute atomic E-state index is 0.452. The van der Waals surface area contributed by atoms with Gasteiger partial charge in [-0.2, -0.15) is 0 Å². The summed E-state index contributed by atoms with van der Waals surface area (Å²) in [6, 6.07) is 1.71. The number of H-pyrrole nitrogens is 1. The lowest BCUT2D eigenvalue weighted by Crippen LogP contribution is -1.78. The van der Waals surface area contributed by atoms with E-state index in [2.05, 4.69) is 30.9 Å². The third-order valence-corrected chi connectivity index (χ3v) is 2.11. The van der Waals surface area contributed by atoms with Crippen molar-refractivity contribution >= 4 is 38.7 Å². The van der Waals surface area contributed by atoms with E-state index in [9.17, 15) is 0 Å². The van der Waals surface area contributed by atoms with Gasteiger partial charge in [-0.25, -0.2) is 9.97 Å². The predicted octanol–water partition coefficient (Wildman–Crippen LogP) is 2.37. The van der Waals surface area contributed by atoms with E-state index in [0.29, 0.717) is 10.8 Å². The molecule has 3 nitrogen and oxygen atoms in total. The third-order valence-electron chi connectivity index (χ3n) is 1.31. The van der Waals surface area contributed by atoms with Gasteiger partial charge in [0, 0.05) is 0 Å². The molecule has 0 aliphatic heterocycles. The molecule has 0 bridgehead atoms. The number of aromatic amines is 1. The van der Waals surface area contributed by atoms with Gasteiger partial charge in [0.2, 0.25) is 0 Å². The summed E-state index contributed by atoms with van der Waals surface area (Å²) in [5.41, 5.74) is 1.50. The molecule has 56 valence electrons. The summed E-state index contributed by atoms with van der Waals surface area (Å²) in [5, 5.41) is 0.452. The second kappa shape index (κ2) is 2.46. The molecule has 0 radical (unpaired) electrons. The molecule has 0 aliphatic rings. The summed E-state index contributed by atoms with van der Waals surface area (Å²) in [4.78, 5) is 10.9. The second-order valence-corrected chi connectivity index (χ2v) is 3.27. The van der Waals surface area contributed by atoms with Crippen LogP contribution in [-0.2, 0) is 0 Å². The maximum absolute atomic E-state index is 5.69. The van der Waals surface area contributed by atoms with Crippen LogP contribution in [0, 0.1) is 0 Å². The average molecular weight is 232 g/mol. The van der Waals surface area contributed by atoms with Gasteiger partial charge in [0.25, 0.3) is 0 Å². The fourth-order valence-electron chi connectivity index (χ4n) is 0.859. The molecule has 2 aromatic rings. The van der Waals surface area contributed by atoms with Gasteiger partial charge in [0.05, 0.1) is 10.8 Å². The van der Waals surface area contributed by atoms with E-state index in [1.165, 1.54) is 0 Å². The zero-order valence-electron chi connectivity index (χ0n) is 5.31. The molecule has 2 heterocycles. The van der Waals surface area contributed by atoms with E-state index in [1.54, 1.807) is 12.4 Å². The number of hydrogen-bond donors (Lipinski definition) is 1. The zero-order valence-corrected chi connectivity index (χ0v) is 7.65. The van der Waals surface area contributed by atoms with E-state index in [4.69, 9.17) is 11.6 Å². The van der Waals surface area contributed by atoms with E-state index in [-0.39, 0.29) is 0 Å². The van der Waals surface area contributed by atoms with Gasteiger partial charge in [0.15, 0.2) is 5.65 Å². The monoisotopic (exact) mass is 231 g/mol. The molecule has 0 saturated heterocycles. The normalized spacial score (nSPS) is 10.7. The molecule has 0 aromatic carbocycles. The molecular weight excluding hydrogens is 229 g/mol. The molecule has 2 rings (SSSR count). The first kappa shape index (κ1) is 7.06. The van der Waals surface area contributed by atoms with Crippen LogP contribution < -0.4 is 0 Å². The van der Waals surface area contributed by atoms with Crippen molar-refractivity contribution < 1.29 is 0 Å². The standard InChI is InChI=1S/C6H3BrClN3/c7-3-1-4(8)11-6-5(3)9-2-10-6/h1-2H,(H,9,10,11). The van der Waals surface area contributed by atoms with E-state index in [1.807, 2.05) is 0 Å². The summed E-state index contributed by atoms with van der Waals surface area (Å²) in [5.74, 6) is 0. The van der Waals surface area contributed by atoms with Crippen molar-refractivity contribution in [3.05, 3.63) is 22.0 Å². The highest BCUT2D eigenvalue weighted by molar-refractivity contribution is 9.10. The SMILES string of the molecule is Clc1cc(Br)c2nc[nH]c2n1. The lowest BCUT2D eigenvalue weighted by molar-refractivity contribution is 1.30. The Hall–Kier alpha value is -0.610. The topological polar surface area (TPSA) is 41.6 Å². The van der Waals surface area contributed by atoms with Crippen molar-refractivity contribution in [2.45, 2.75) is 0 Å². The summed E-state index contributed by atoms with van der Waals surface area (Å²) < 4.78 is 0.855. The molecule has 1 N–H and O–H groups in total. The number of aromatic nitrogens is 3. The van der Waals surface area contributed by atoms with Gasteiger partial charge in [-0.3, -0.25) is 0 Å². The number of nitrogens with zero attached hydrogens (tertiary/aromatic N) is 2. The van der Waals surface area contributed by atoms with Gasteiger partial charge >= 0.3 is 0 Å². The van der Waals surface area contributed by atoms with Gasteiger partial charge < -0.3 is 4.98 Å². The Morgan fingerprint density at radius 3 is 3.18 bits per heavy atom.